The van der Waals surface area contributed by atoms with E-state index in [1.165, 1.54) is 14.2 Å². The van der Waals surface area contributed by atoms with Gasteiger partial charge in [-0.15, -0.1) is 0 Å². The van der Waals surface area contributed by atoms with Crippen LogP contribution in [-0.4, -0.2) is 26.8 Å². The summed E-state index contributed by atoms with van der Waals surface area (Å²) in [5.74, 6) is 0.450. The number of hydrogen-bond donors (Lipinski definition) is 0. The predicted molar refractivity (Wildman–Crippen MR) is 70.4 cm³/mol. The topological polar surface area (TPSA) is 54.0 Å². The fourth-order valence-corrected chi connectivity index (χ4v) is 1.23. The predicted octanol–water partition coefficient (Wildman–Crippen LogP) is 2.84. The molecule has 0 aromatic heterocycles. The summed E-state index contributed by atoms with van der Waals surface area (Å²) < 4.78 is 10.2. The maximum absolute atomic E-state index is 11.8. The van der Waals surface area contributed by atoms with Gasteiger partial charge in [-0.2, -0.15) is 4.89 Å². The van der Waals surface area contributed by atoms with Crippen LogP contribution in [0.5, 0.6) is 11.5 Å². The number of carbonyl (C=O) groups excluding carboxylic acids is 1. The zero-order chi connectivity index (χ0) is 14.5. The zero-order valence-corrected chi connectivity index (χ0v) is 12.0. The van der Waals surface area contributed by atoms with Gasteiger partial charge in [0.25, 0.3) is 0 Å². The van der Waals surface area contributed by atoms with E-state index in [0.717, 1.165) is 0 Å². The molecule has 0 spiro atoms. The molecule has 1 rings (SSSR count). The minimum atomic E-state index is -0.582. The van der Waals surface area contributed by atoms with Gasteiger partial charge in [0, 0.05) is 6.07 Å². The van der Waals surface area contributed by atoms with Gasteiger partial charge in [-0.3, -0.25) is 4.89 Å². The van der Waals surface area contributed by atoms with Crippen LogP contribution in [0.2, 0.25) is 0 Å². The van der Waals surface area contributed by atoms with Crippen molar-refractivity contribution < 1.29 is 24.0 Å². The van der Waals surface area contributed by atoms with Crippen molar-refractivity contribution >= 4 is 5.97 Å². The first-order valence-corrected chi connectivity index (χ1v) is 5.92. The van der Waals surface area contributed by atoms with E-state index >= 15 is 0 Å². The Hall–Kier alpha value is -1.75. The van der Waals surface area contributed by atoms with Crippen LogP contribution >= 0.6 is 0 Å². The van der Waals surface area contributed by atoms with E-state index in [-0.39, 0.29) is 5.41 Å². The molecule has 1 aromatic carbocycles. The number of methoxy groups -OCH3 is 2. The number of benzene rings is 1. The molecule has 0 aliphatic carbocycles. The van der Waals surface area contributed by atoms with Crippen molar-refractivity contribution in [2.45, 2.75) is 20.8 Å². The highest BCUT2D eigenvalue weighted by Crippen LogP contribution is 2.23. The summed E-state index contributed by atoms with van der Waals surface area (Å²) in [5, 5.41) is 0. The Morgan fingerprint density at radius 3 is 2.00 bits per heavy atom. The standard InChI is InChI=1S/C14H20O5/c1-14(2,3)9-18-19-13(15)10-6-11(16-4)8-12(7-10)17-5/h6-8H,9H2,1-5H3. The van der Waals surface area contributed by atoms with Crippen LogP contribution in [0.3, 0.4) is 0 Å². The highest BCUT2D eigenvalue weighted by Gasteiger charge is 2.15. The molecular formula is C14H20O5. The molecule has 0 heterocycles. The smallest absolute Gasteiger partial charge is 0.373 e. The molecule has 0 N–H and O–H groups in total. The van der Waals surface area contributed by atoms with E-state index in [9.17, 15) is 4.79 Å². The molecule has 0 saturated carbocycles. The van der Waals surface area contributed by atoms with Crippen molar-refractivity contribution in [1.82, 2.24) is 0 Å². The lowest BCUT2D eigenvalue weighted by atomic mass is 9.99. The quantitative estimate of drug-likeness (QED) is 0.607. The minimum Gasteiger partial charge on any atom is -0.497 e. The third kappa shape index (κ3) is 5.18. The molecule has 1 aromatic rings. The maximum Gasteiger partial charge on any atom is 0.373 e. The van der Waals surface area contributed by atoms with Crippen molar-refractivity contribution in [3.05, 3.63) is 23.8 Å². The summed E-state index contributed by atoms with van der Waals surface area (Å²) in [6.07, 6.45) is 0. The Bertz CT molecular complexity index is 412. The normalized spacial score (nSPS) is 11.0. The first-order chi connectivity index (χ1) is 8.85. The Morgan fingerprint density at radius 1 is 1.05 bits per heavy atom. The molecule has 19 heavy (non-hydrogen) atoms. The third-order valence-electron chi connectivity index (χ3n) is 2.21. The zero-order valence-electron chi connectivity index (χ0n) is 12.0. The monoisotopic (exact) mass is 268 g/mol. The van der Waals surface area contributed by atoms with Crippen LogP contribution in [-0.2, 0) is 9.78 Å². The molecule has 106 valence electrons. The van der Waals surface area contributed by atoms with Gasteiger partial charge in [0.05, 0.1) is 26.4 Å². The van der Waals surface area contributed by atoms with E-state index in [1.54, 1.807) is 18.2 Å². The largest absolute Gasteiger partial charge is 0.497 e. The fourth-order valence-electron chi connectivity index (χ4n) is 1.23. The van der Waals surface area contributed by atoms with Gasteiger partial charge in [0.1, 0.15) is 11.5 Å². The average molecular weight is 268 g/mol. The number of hydrogen-bond acceptors (Lipinski definition) is 5. The molecule has 0 fully saturated rings. The van der Waals surface area contributed by atoms with Crippen LogP contribution in [0.25, 0.3) is 0 Å². The second-order valence-corrected chi connectivity index (χ2v) is 5.29. The summed E-state index contributed by atoms with van der Waals surface area (Å²) >= 11 is 0. The molecule has 0 bridgehead atoms. The summed E-state index contributed by atoms with van der Waals surface area (Å²) in [4.78, 5) is 21.5. The molecule has 5 heteroatoms. The van der Waals surface area contributed by atoms with Gasteiger partial charge < -0.3 is 9.47 Å². The van der Waals surface area contributed by atoms with Crippen molar-refractivity contribution in [2.24, 2.45) is 5.41 Å². The highest BCUT2D eigenvalue weighted by atomic mass is 17.2. The molecular weight excluding hydrogens is 248 g/mol. The van der Waals surface area contributed by atoms with Crippen molar-refractivity contribution in [2.75, 3.05) is 20.8 Å². The molecule has 0 aliphatic heterocycles. The first kappa shape index (κ1) is 15.3. The average Bonchev–Trinajstić information content (AvgIpc) is 2.36. The maximum atomic E-state index is 11.8. The summed E-state index contributed by atoms with van der Waals surface area (Å²) in [6.45, 7) is 6.26. The van der Waals surface area contributed by atoms with Gasteiger partial charge >= 0.3 is 5.97 Å². The van der Waals surface area contributed by atoms with Crippen LogP contribution in [0.15, 0.2) is 18.2 Å². The molecule has 0 aliphatic rings. The Morgan fingerprint density at radius 2 is 1.58 bits per heavy atom. The number of carbonyl (C=O) groups is 1. The number of rotatable bonds is 5. The van der Waals surface area contributed by atoms with Gasteiger partial charge in [0.2, 0.25) is 0 Å². The fraction of sp³-hybridized carbons (Fsp3) is 0.500. The molecule has 0 amide bonds. The SMILES string of the molecule is COc1cc(OC)cc(C(=O)OOCC(C)(C)C)c1. The van der Waals surface area contributed by atoms with Crippen molar-refractivity contribution in [3.8, 4) is 11.5 Å². The lowest BCUT2D eigenvalue weighted by Crippen LogP contribution is -2.17. The van der Waals surface area contributed by atoms with Crippen molar-refractivity contribution in [3.63, 3.8) is 0 Å². The van der Waals surface area contributed by atoms with Gasteiger partial charge in [-0.05, 0) is 17.5 Å². The molecule has 5 nitrogen and oxygen atoms in total. The lowest BCUT2D eigenvalue weighted by Gasteiger charge is -2.16. The van der Waals surface area contributed by atoms with Crippen LogP contribution in [0, 0.1) is 5.41 Å². The minimum absolute atomic E-state index is 0.0770. The van der Waals surface area contributed by atoms with E-state index in [4.69, 9.17) is 19.2 Å². The lowest BCUT2D eigenvalue weighted by molar-refractivity contribution is -0.255. The third-order valence-corrected chi connectivity index (χ3v) is 2.21. The Balaban J connectivity index is 2.71. The molecule has 0 radical (unpaired) electrons. The Kier molecular flexibility index (Phi) is 5.18. The van der Waals surface area contributed by atoms with Gasteiger partial charge in [-0.1, -0.05) is 20.8 Å². The van der Waals surface area contributed by atoms with E-state index in [0.29, 0.717) is 23.7 Å². The number of ether oxygens (including phenoxy) is 2. The van der Waals surface area contributed by atoms with E-state index in [1.807, 2.05) is 20.8 Å². The first-order valence-electron chi connectivity index (χ1n) is 5.92. The van der Waals surface area contributed by atoms with Crippen LogP contribution < -0.4 is 9.47 Å². The second-order valence-electron chi connectivity index (χ2n) is 5.29. The van der Waals surface area contributed by atoms with Crippen LogP contribution in [0.4, 0.5) is 0 Å². The van der Waals surface area contributed by atoms with E-state index < -0.39 is 5.97 Å². The van der Waals surface area contributed by atoms with Gasteiger partial charge in [0.15, 0.2) is 0 Å². The van der Waals surface area contributed by atoms with Crippen LogP contribution in [0.1, 0.15) is 31.1 Å². The summed E-state index contributed by atoms with van der Waals surface area (Å²) in [7, 11) is 3.03. The summed E-state index contributed by atoms with van der Waals surface area (Å²) in [6, 6.07) is 4.80. The molecule has 0 atom stereocenters. The van der Waals surface area contributed by atoms with E-state index in [2.05, 4.69) is 0 Å². The summed E-state index contributed by atoms with van der Waals surface area (Å²) in [5.41, 5.74) is 0.233. The molecule has 0 saturated heterocycles. The van der Waals surface area contributed by atoms with Crippen molar-refractivity contribution in [1.29, 1.82) is 0 Å². The highest BCUT2D eigenvalue weighted by molar-refractivity contribution is 5.90. The van der Waals surface area contributed by atoms with Gasteiger partial charge in [-0.25, -0.2) is 4.79 Å². The molecule has 0 unspecified atom stereocenters. The second kappa shape index (κ2) is 6.43. The Labute approximate surface area is 113 Å².